The van der Waals surface area contributed by atoms with E-state index in [-0.39, 0.29) is 11.2 Å². The fraction of sp³-hybridized carbons (Fsp3) is 0.308. The van der Waals surface area contributed by atoms with Gasteiger partial charge >= 0.3 is 0 Å². The molecule has 9 heteroatoms. The Morgan fingerprint density at radius 3 is 2.86 bits per heavy atom. The SMILES string of the molecule is CC(C)Nc1nc(/C=N/N(C)C(N)=S)cc(-n2ccnc2)n1. The maximum absolute atomic E-state index is 5.49. The summed E-state index contributed by atoms with van der Waals surface area (Å²) in [7, 11) is 1.67. The van der Waals surface area contributed by atoms with E-state index in [0.29, 0.717) is 17.5 Å². The third kappa shape index (κ3) is 4.22. The molecule has 0 spiro atoms. The first-order chi connectivity index (χ1) is 10.5. The highest BCUT2D eigenvalue weighted by Gasteiger charge is 2.06. The van der Waals surface area contributed by atoms with Crippen LogP contribution >= 0.6 is 12.2 Å². The number of hydrogen-bond donors (Lipinski definition) is 2. The van der Waals surface area contributed by atoms with Gasteiger partial charge in [0.05, 0.1) is 11.9 Å². The second-order valence-corrected chi connectivity index (χ2v) is 5.27. The fourth-order valence-electron chi connectivity index (χ4n) is 1.57. The van der Waals surface area contributed by atoms with Gasteiger partial charge in [0.15, 0.2) is 5.11 Å². The van der Waals surface area contributed by atoms with Crippen molar-refractivity contribution in [3.63, 3.8) is 0 Å². The van der Waals surface area contributed by atoms with Crippen molar-refractivity contribution in [3.8, 4) is 5.82 Å². The van der Waals surface area contributed by atoms with E-state index in [1.54, 1.807) is 36.4 Å². The zero-order chi connectivity index (χ0) is 16.1. The van der Waals surface area contributed by atoms with Crippen LogP contribution in [-0.4, -0.2) is 48.9 Å². The minimum atomic E-state index is 0.181. The first-order valence-electron chi connectivity index (χ1n) is 6.67. The number of nitrogens with one attached hydrogen (secondary N) is 1. The van der Waals surface area contributed by atoms with Gasteiger partial charge in [-0.1, -0.05) is 0 Å². The van der Waals surface area contributed by atoms with E-state index in [0.717, 1.165) is 0 Å². The topological polar surface area (TPSA) is 97.2 Å². The quantitative estimate of drug-likeness (QED) is 0.482. The minimum Gasteiger partial charge on any atom is -0.375 e. The molecule has 0 bridgehead atoms. The predicted octanol–water partition coefficient (Wildman–Crippen LogP) is 0.992. The Morgan fingerprint density at radius 1 is 1.50 bits per heavy atom. The molecule has 2 heterocycles. The average Bonchev–Trinajstić information content (AvgIpc) is 2.97. The molecule has 0 radical (unpaired) electrons. The molecule has 2 aromatic rings. The van der Waals surface area contributed by atoms with Crippen molar-refractivity contribution >= 4 is 29.5 Å². The molecule has 0 aromatic carbocycles. The van der Waals surface area contributed by atoms with E-state index in [4.69, 9.17) is 18.0 Å². The molecule has 0 saturated carbocycles. The van der Waals surface area contributed by atoms with Crippen LogP contribution in [0.25, 0.3) is 5.82 Å². The summed E-state index contributed by atoms with van der Waals surface area (Å²) in [6.45, 7) is 4.03. The summed E-state index contributed by atoms with van der Waals surface area (Å²) < 4.78 is 1.79. The van der Waals surface area contributed by atoms with Crippen molar-refractivity contribution in [3.05, 3.63) is 30.5 Å². The van der Waals surface area contributed by atoms with E-state index in [1.807, 2.05) is 20.0 Å². The lowest BCUT2D eigenvalue weighted by Crippen LogP contribution is -2.27. The van der Waals surface area contributed by atoms with Crippen molar-refractivity contribution in [2.24, 2.45) is 10.8 Å². The summed E-state index contributed by atoms with van der Waals surface area (Å²) in [5, 5.41) is 8.89. The summed E-state index contributed by atoms with van der Waals surface area (Å²) in [6.07, 6.45) is 6.74. The Balaban J connectivity index is 2.36. The van der Waals surface area contributed by atoms with Gasteiger partial charge in [-0.15, -0.1) is 0 Å². The van der Waals surface area contributed by atoms with Gasteiger partial charge in [-0.3, -0.25) is 4.57 Å². The lowest BCUT2D eigenvalue weighted by molar-refractivity contribution is 0.552. The normalized spacial score (nSPS) is 11.1. The molecule has 0 atom stereocenters. The zero-order valence-corrected chi connectivity index (χ0v) is 13.4. The van der Waals surface area contributed by atoms with Crippen LogP contribution in [0.1, 0.15) is 19.5 Å². The van der Waals surface area contributed by atoms with Crippen molar-refractivity contribution in [1.82, 2.24) is 24.5 Å². The maximum atomic E-state index is 5.49. The number of nitrogens with two attached hydrogens (primary N) is 1. The second-order valence-electron chi connectivity index (χ2n) is 4.85. The van der Waals surface area contributed by atoms with Gasteiger partial charge in [0, 0.05) is 31.5 Å². The number of thiocarbonyl (C=S) groups is 1. The maximum Gasteiger partial charge on any atom is 0.225 e. The van der Waals surface area contributed by atoms with Gasteiger partial charge in [0.25, 0.3) is 0 Å². The average molecular weight is 318 g/mol. The third-order valence-corrected chi connectivity index (χ3v) is 2.87. The van der Waals surface area contributed by atoms with E-state index < -0.39 is 0 Å². The Bertz CT molecular complexity index is 665. The van der Waals surface area contributed by atoms with E-state index in [9.17, 15) is 0 Å². The monoisotopic (exact) mass is 318 g/mol. The van der Waals surface area contributed by atoms with Crippen LogP contribution in [0.3, 0.4) is 0 Å². The van der Waals surface area contributed by atoms with Gasteiger partial charge < -0.3 is 11.1 Å². The van der Waals surface area contributed by atoms with Crippen LogP contribution < -0.4 is 11.1 Å². The number of anilines is 1. The highest BCUT2D eigenvalue weighted by atomic mass is 32.1. The molecule has 22 heavy (non-hydrogen) atoms. The van der Waals surface area contributed by atoms with Crippen LogP contribution in [0.15, 0.2) is 29.9 Å². The Morgan fingerprint density at radius 2 is 2.27 bits per heavy atom. The molecular formula is C13H18N8S. The highest BCUT2D eigenvalue weighted by molar-refractivity contribution is 7.80. The number of hydrazone groups is 1. The minimum absolute atomic E-state index is 0.181. The second kappa shape index (κ2) is 6.94. The van der Waals surface area contributed by atoms with E-state index in [1.165, 1.54) is 5.01 Å². The third-order valence-electron chi connectivity index (χ3n) is 2.60. The number of nitrogens with zero attached hydrogens (tertiary/aromatic N) is 6. The molecule has 0 aliphatic rings. The Hall–Kier alpha value is -2.55. The Labute approximate surface area is 134 Å². The van der Waals surface area contributed by atoms with Crippen LogP contribution in [0, 0.1) is 0 Å². The molecule has 0 amide bonds. The van der Waals surface area contributed by atoms with Crippen LogP contribution in [-0.2, 0) is 0 Å². The van der Waals surface area contributed by atoms with Gasteiger partial charge in [-0.25, -0.2) is 15.0 Å². The number of aromatic nitrogens is 4. The van der Waals surface area contributed by atoms with Gasteiger partial charge in [0.2, 0.25) is 5.95 Å². The van der Waals surface area contributed by atoms with Gasteiger partial charge in [-0.05, 0) is 26.1 Å². The lowest BCUT2D eigenvalue weighted by Gasteiger charge is -2.12. The number of rotatable bonds is 5. The largest absolute Gasteiger partial charge is 0.375 e. The smallest absolute Gasteiger partial charge is 0.225 e. The van der Waals surface area contributed by atoms with Crippen LogP contribution in [0.5, 0.6) is 0 Å². The van der Waals surface area contributed by atoms with Crippen molar-refractivity contribution in [1.29, 1.82) is 0 Å². The first kappa shape index (κ1) is 15.8. The van der Waals surface area contributed by atoms with Crippen LogP contribution in [0.4, 0.5) is 5.95 Å². The van der Waals surface area contributed by atoms with Gasteiger partial charge in [0.1, 0.15) is 12.1 Å². The molecule has 8 nitrogen and oxygen atoms in total. The van der Waals surface area contributed by atoms with Crippen molar-refractivity contribution in [2.75, 3.05) is 12.4 Å². The van der Waals surface area contributed by atoms with Crippen LogP contribution in [0.2, 0.25) is 0 Å². The lowest BCUT2D eigenvalue weighted by atomic mass is 10.4. The molecule has 3 N–H and O–H groups in total. The molecule has 0 fully saturated rings. The molecule has 0 aliphatic carbocycles. The summed E-state index contributed by atoms with van der Waals surface area (Å²) in [6, 6.07) is 2.01. The molecule has 0 aliphatic heterocycles. The summed E-state index contributed by atoms with van der Waals surface area (Å²) in [5.74, 6) is 1.20. The summed E-state index contributed by atoms with van der Waals surface area (Å²) in [5.41, 5.74) is 6.12. The number of imidazole rings is 1. The molecule has 2 aromatic heterocycles. The van der Waals surface area contributed by atoms with Gasteiger partial charge in [-0.2, -0.15) is 10.1 Å². The molecule has 2 rings (SSSR count). The molecule has 116 valence electrons. The zero-order valence-electron chi connectivity index (χ0n) is 12.6. The van der Waals surface area contributed by atoms with Crippen molar-refractivity contribution in [2.45, 2.75) is 19.9 Å². The summed E-state index contributed by atoms with van der Waals surface area (Å²) in [4.78, 5) is 12.9. The van der Waals surface area contributed by atoms with E-state index in [2.05, 4.69) is 25.4 Å². The predicted molar refractivity (Wildman–Crippen MR) is 90.1 cm³/mol. The Kier molecular flexibility index (Phi) is 4.99. The molecular weight excluding hydrogens is 300 g/mol. The number of hydrogen-bond acceptors (Lipinski definition) is 6. The van der Waals surface area contributed by atoms with E-state index >= 15 is 0 Å². The fourth-order valence-corrected chi connectivity index (χ4v) is 1.62. The summed E-state index contributed by atoms with van der Waals surface area (Å²) >= 11 is 4.84. The van der Waals surface area contributed by atoms with Crippen molar-refractivity contribution < 1.29 is 0 Å². The molecule has 0 saturated heterocycles. The first-order valence-corrected chi connectivity index (χ1v) is 7.07. The highest BCUT2D eigenvalue weighted by Crippen LogP contribution is 2.10. The standard InChI is InChI=1S/C13H18N8S/c1-9(2)17-13-18-10(7-16-20(3)12(14)22)6-11(19-13)21-5-4-15-8-21/h4-9H,1-3H3,(H2,14,22)(H,17,18,19)/b16-7+. The molecule has 0 unspecified atom stereocenters.